The molecule has 0 heterocycles. The maximum Gasteiger partial charge on any atom is 0.241 e. The molecule has 1 aromatic carbocycles. The van der Waals surface area contributed by atoms with Crippen LogP contribution in [0.1, 0.15) is 5.56 Å². The lowest BCUT2D eigenvalue weighted by atomic mass is 10.2. The van der Waals surface area contributed by atoms with Crippen LogP contribution in [-0.2, 0) is 4.79 Å². The molecule has 0 saturated heterocycles. The Labute approximate surface area is 90.7 Å². The highest BCUT2D eigenvalue weighted by Gasteiger charge is 2.03. The summed E-state index contributed by atoms with van der Waals surface area (Å²) in [4.78, 5) is 10.4. The lowest BCUT2D eigenvalue weighted by Crippen LogP contribution is -2.05. The number of nitrogens with two attached hydrogens (primary N) is 1. The summed E-state index contributed by atoms with van der Waals surface area (Å²) in [7, 11) is 0. The fraction of sp³-hybridized carbons (Fsp3) is 0. The smallest absolute Gasteiger partial charge is 0.241 e. The van der Waals surface area contributed by atoms with Crippen LogP contribution in [0.2, 0.25) is 10.0 Å². The zero-order valence-corrected chi connectivity index (χ0v) is 8.51. The van der Waals surface area contributed by atoms with Crippen LogP contribution in [0.3, 0.4) is 0 Å². The van der Waals surface area contributed by atoms with E-state index in [1.165, 1.54) is 18.2 Å². The third-order valence-electron chi connectivity index (χ3n) is 1.49. The second-order valence-electron chi connectivity index (χ2n) is 2.56. The van der Waals surface area contributed by atoms with Crippen LogP contribution in [-0.4, -0.2) is 11.0 Å². The third kappa shape index (κ3) is 2.65. The van der Waals surface area contributed by atoms with Crippen molar-refractivity contribution < 1.29 is 9.90 Å². The van der Waals surface area contributed by atoms with Crippen molar-refractivity contribution >= 4 is 35.2 Å². The van der Waals surface area contributed by atoms with Crippen LogP contribution in [0.4, 0.5) is 0 Å². The first-order chi connectivity index (χ1) is 6.50. The quantitative estimate of drug-likeness (QED) is 0.767. The van der Waals surface area contributed by atoms with E-state index >= 15 is 0 Å². The zero-order chi connectivity index (χ0) is 10.7. The molecule has 3 nitrogen and oxygen atoms in total. The standard InChI is InChI=1S/C9H7Cl2NO2/c10-6-4-8(13)7(11)3-5(6)1-2-9(12)14/h1-4,13H,(H2,12,14). The topological polar surface area (TPSA) is 63.3 Å². The third-order valence-corrected chi connectivity index (χ3v) is 2.12. The van der Waals surface area contributed by atoms with E-state index in [1.54, 1.807) is 0 Å². The normalized spacial score (nSPS) is 10.7. The van der Waals surface area contributed by atoms with Gasteiger partial charge in [-0.2, -0.15) is 0 Å². The van der Waals surface area contributed by atoms with Gasteiger partial charge in [-0.25, -0.2) is 0 Å². The summed E-state index contributed by atoms with van der Waals surface area (Å²) in [5.41, 5.74) is 5.43. The molecule has 0 atom stereocenters. The molecule has 74 valence electrons. The molecule has 0 fully saturated rings. The molecule has 3 N–H and O–H groups in total. The first-order valence-electron chi connectivity index (χ1n) is 3.66. The van der Waals surface area contributed by atoms with Gasteiger partial charge in [0, 0.05) is 12.1 Å². The largest absolute Gasteiger partial charge is 0.506 e. The number of aromatic hydroxyl groups is 1. The van der Waals surface area contributed by atoms with Crippen LogP contribution < -0.4 is 5.73 Å². The molecule has 14 heavy (non-hydrogen) atoms. The molecule has 5 heteroatoms. The number of amides is 1. The van der Waals surface area contributed by atoms with E-state index in [9.17, 15) is 4.79 Å². The van der Waals surface area contributed by atoms with Gasteiger partial charge in [0.05, 0.1) is 10.0 Å². The van der Waals surface area contributed by atoms with Gasteiger partial charge in [0.1, 0.15) is 5.75 Å². The van der Waals surface area contributed by atoms with E-state index in [1.807, 2.05) is 0 Å². The van der Waals surface area contributed by atoms with Gasteiger partial charge >= 0.3 is 0 Å². The van der Waals surface area contributed by atoms with Crippen molar-refractivity contribution in [2.24, 2.45) is 5.73 Å². The van der Waals surface area contributed by atoms with Gasteiger partial charge in [0.15, 0.2) is 0 Å². The van der Waals surface area contributed by atoms with Crippen molar-refractivity contribution in [3.63, 3.8) is 0 Å². The Morgan fingerprint density at radius 1 is 1.36 bits per heavy atom. The molecule has 0 aliphatic rings. The Hall–Kier alpha value is -1.19. The lowest BCUT2D eigenvalue weighted by Gasteiger charge is -2.01. The summed E-state index contributed by atoms with van der Waals surface area (Å²) in [6.45, 7) is 0. The molecule has 0 saturated carbocycles. The molecule has 0 bridgehead atoms. The molecular weight excluding hydrogens is 225 g/mol. The highest BCUT2D eigenvalue weighted by atomic mass is 35.5. The SMILES string of the molecule is NC(=O)C=Cc1cc(Cl)c(O)cc1Cl. The number of phenolic OH excluding ortho intramolecular Hbond substituents is 1. The highest BCUT2D eigenvalue weighted by molar-refractivity contribution is 6.35. The van der Waals surface area contributed by atoms with Crippen molar-refractivity contribution in [2.75, 3.05) is 0 Å². The predicted octanol–water partition coefficient (Wildman–Crippen LogP) is 2.20. The van der Waals surface area contributed by atoms with Crippen molar-refractivity contribution in [1.29, 1.82) is 0 Å². The van der Waals surface area contributed by atoms with Gasteiger partial charge in [-0.05, 0) is 17.7 Å². The number of halogens is 2. The average molecular weight is 232 g/mol. The summed E-state index contributed by atoms with van der Waals surface area (Å²) in [5, 5.41) is 9.63. The maximum absolute atomic E-state index is 10.4. The molecule has 1 amide bonds. The number of phenols is 1. The molecule has 0 spiro atoms. The lowest BCUT2D eigenvalue weighted by molar-refractivity contribution is -0.113. The summed E-state index contributed by atoms with van der Waals surface area (Å²) in [6.07, 6.45) is 2.59. The minimum atomic E-state index is -0.578. The van der Waals surface area contributed by atoms with Crippen LogP contribution in [0.15, 0.2) is 18.2 Å². The number of primary amides is 1. The van der Waals surface area contributed by atoms with Crippen molar-refractivity contribution in [2.45, 2.75) is 0 Å². The van der Waals surface area contributed by atoms with Gasteiger partial charge in [-0.15, -0.1) is 0 Å². The molecule has 1 aromatic rings. The van der Waals surface area contributed by atoms with Gasteiger partial charge in [0.25, 0.3) is 0 Å². The summed E-state index contributed by atoms with van der Waals surface area (Å²) in [6, 6.07) is 2.74. The Bertz CT molecular complexity index is 402. The van der Waals surface area contributed by atoms with Crippen molar-refractivity contribution in [1.82, 2.24) is 0 Å². The highest BCUT2D eigenvalue weighted by Crippen LogP contribution is 2.30. The second kappa shape index (κ2) is 4.35. The van der Waals surface area contributed by atoms with Crippen LogP contribution in [0.5, 0.6) is 5.75 Å². The minimum Gasteiger partial charge on any atom is -0.506 e. The molecular formula is C9H7Cl2NO2. The van der Waals surface area contributed by atoms with Gasteiger partial charge in [-0.3, -0.25) is 4.79 Å². The molecule has 0 radical (unpaired) electrons. The van der Waals surface area contributed by atoms with E-state index in [0.29, 0.717) is 10.6 Å². The summed E-state index contributed by atoms with van der Waals surface area (Å²) < 4.78 is 0. The first kappa shape index (κ1) is 10.9. The number of rotatable bonds is 2. The van der Waals surface area contributed by atoms with Crippen molar-refractivity contribution in [3.8, 4) is 5.75 Å². The van der Waals surface area contributed by atoms with Gasteiger partial charge < -0.3 is 10.8 Å². The average Bonchev–Trinajstić information content (AvgIpc) is 2.09. The van der Waals surface area contributed by atoms with Gasteiger partial charge in [0.2, 0.25) is 5.91 Å². The summed E-state index contributed by atoms with van der Waals surface area (Å²) >= 11 is 11.4. The van der Waals surface area contributed by atoms with Crippen molar-refractivity contribution in [3.05, 3.63) is 33.8 Å². The van der Waals surface area contributed by atoms with E-state index < -0.39 is 5.91 Å². The van der Waals surface area contributed by atoms with Crippen LogP contribution in [0.25, 0.3) is 6.08 Å². The number of carbonyl (C=O) groups is 1. The van der Waals surface area contributed by atoms with E-state index in [4.69, 9.17) is 34.0 Å². The summed E-state index contributed by atoms with van der Waals surface area (Å²) in [5.74, 6) is -0.682. The molecule has 0 aliphatic heterocycles. The molecule has 0 aromatic heterocycles. The molecule has 0 aliphatic carbocycles. The molecule has 1 rings (SSSR count). The number of benzene rings is 1. The first-order valence-corrected chi connectivity index (χ1v) is 4.42. The monoisotopic (exact) mass is 231 g/mol. The van der Waals surface area contributed by atoms with Crippen LogP contribution in [0, 0.1) is 0 Å². The number of hydrogen-bond acceptors (Lipinski definition) is 2. The zero-order valence-electron chi connectivity index (χ0n) is 7.00. The van der Waals surface area contributed by atoms with Crippen LogP contribution >= 0.6 is 23.2 Å². The molecule has 0 unspecified atom stereocenters. The van der Waals surface area contributed by atoms with E-state index in [0.717, 1.165) is 6.08 Å². The maximum atomic E-state index is 10.4. The fourth-order valence-corrected chi connectivity index (χ4v) is 1.24. The Morgan fingerprint density at radius 3 is 2.57 bits per heavy atom. The predicted molar refractivity (Wildman–Crippen MR) is 56.4 cm³/mol. The Morgan fingerprint density at radius 2 is 2.00 bits per heavy atom. The minimum absolute atomic E-state index is 0.104. The van der Waals surface area contributed by atoms with E-state index in [2.05, 4.69) is 0 Å². The number of carbonyl (C=O) groups excluding carboxylic acids is 1. The van der Waals surface area contributed by atoms with E-state index in [-0.39, 0.29) is 10.8 Å². The Balaban J connectivity index is 3.10. The second-order valence-corrected chi connectivity index (χ2v) is 3.38. The number of hydrogen-bond donors (Lipinski definition) is 2. The fourth-order valence-electron chi connectivity index (χ4n) is 0.851. The van der Waals surface area contributed by atoms with Gasteiger partial charge in [-0.1, -0.05) is 23.2 Å². The Kier molecular flexibility index (Phi) is 3.38.